The minimum absolute atomic E-state index is 0.124. The van der Waals surface area contributed by atoms with Crippen molar-refractivity contribution in [1.29, 1.82) is 0 Å². The normalized spacial score (nSPS) is 27.2. The van der Waals surface area contributed by atoms with E-state index in [-0.39, 0.29) is 6.61 Å². The Bertz CT molecular complexity index is 641. The first-order valence-corrected chi connectivity index (χ1v) is 8.10. The number of thiocarbonyl (C=S) groups is 1. The van der Waals surface area contributed by atoms with E-state index in [4.69, 9.17) is 17.0 Å². The summed E-state index contributed by atoms with van der Waals surface area (Å²) in [5.41, 5.74) is -3.19. The summed E-state index contributed by atoms with van der Waals surface area (Å²) in [5.74, 6) is -3.17. The molecule has 1 aliphatic heterocycles. The molecule has 0 aliphatic carbocycles. The van der Waals surface area contributed by atoms with Crippen molar-refractivity contribution in [2.24, 2.45) is 5.92 Å². The SMILES string of the molecule is CCOC(=O)[C@@H]1[C@@H](c2ccc(Br)cc2)NC(=S)N[C@]1(O)C(F)(F)F. The first-order chi connectivity index (χ1) is 11.1. The average Bonchev–Trinajstić information content (AvgIpc) is 2.46. The van der Waals surface area contributed by atoms with Crippen LogP contribution < -0.4 is 10.6 Å². The molecule has 0 radical (unpaired) electrons. The third-order valence-electron chi connectivity index (χ3n) is 3.58. The molecule has 0 spiro atoms. The van der Waals surface area contributed by atoms with E-state index in [1.807, 2.05) is 0 Å². The van der Waals surface area contributed by atoms with Gasteiger partial charge >= 0.3 is 12.1 Å². The second-order valence-electron chi connectivity index (χ2n) is 5.12. The summed E-state index contributed by atoms with van der Waals surface area (Å²) in [6.45, 7) is 1.34. The lowest BCUT2D eigenvalue weighted by Gasteiger charge is -2.45. The first-order valence-electron chi connectivity index (χ1n) is 6.90. The fourth-order valence-corrected chi connectivity index (χ4v) is 3.03. The smallest absolute Gasteiger partial charge is 0.437 e. The molecule has 0 aromatic heterocycles. The number of hydrogen-bond donors (Lipinski definition) is 3. The van der Waals surface area contributed by atoms with Crippen LogP contribution in [0.1, 0.15) is 18.5 Å². The topological polar surface area (TPSA) is 70.6 Å². The van der Waals surface area contributed by atoms with E-state index in [0.717, 1.165) is 0 Å². The lowest BCUT2D eigenvalue weighted by atomic mass is 9.82. The van der Waals surface area contributed by atoms with Crippen molar-refractivity contribution < 1.29 is 27.8 Å². The fourth-order valence-electron chi connectivity index (χ4n) is 2.48. The molecule has 0 unspecified atom stereocenters. The van der Waals surface area contributed by atoms with Crippen LogP contribution in [0.15, 0.2) is 28.7 Å². The van der Waals surface area contributed by atoms with Crippen LogP contribution in [-0.4, -0.2) is 34.7 Å². The van der Waals surface area contributed by atoms with E-state index in [2.05, 4.69) is 21.2 Å². The molecule has 3 N–H and O–H groups in total. The van der Waals surface area contributed by atoms with Gasteiger partial charge in [0.15, 0.2) is 5.11 Å². The molecule has 0 saturated carbocycles. The molecule has 5 nitrogen and oxygen atoms in total. The van der Waals surface area contributed by atoms with Crippen molar-refractivity contribution in [3.8, 4) is 0 Å². The van der Waals surface area contributed by atoms with Gasteiger partial charge in [0.1, 0.15) is 5.92 Å². The molecule has 1 aromatic rings. The largest absolute Gasteiger partial charge is 0.466 e. The molecule has 0 amide bonds. The van der Waals surface area contributed by atoms with Crippen molar-refractivity contribution in [1.82, 2.24) is 10.6 Å². The van der Waals surface area contributed by atoms with Crippen LogP contribution >= 0.6 is 28.1 Å². The third kappa shape index (κ3) is 3.50. The second kappa shape index (κ2) is 6.85. The van der Waals surface area contributed by atoms with Crippen LogP contribution in [0.25, 0.3) is 0 Å². The van der Waals surface area contributed by atoms with Crippen LogP contribution in [0.4, 0.5) is 13.2 Å². The summed E-state index contributed by atoms with van der Waals surface area (Å²) in [6, 6.07) is 5.06. The van der Waals surface area contributed by atoms with Gasteiger partial charge in [-0.05, 0) is 36.8 Å². The zero-order valence-corrected chi connectivity index (χ0v) is 14.8. The molecule has 1 aliphatic rings. The minimum atomic E-state index is -5.15. The maximum atomic E-state index is 13.5. The van der Waals surface area contributed by atoms with E-state index in [9.17, 15) is 23.1 Å². The monoisotopic (exact) mass is 426 g/mol. The van der Waals surface area contributed by atoms with Crippen LogP contribution in [0.3, 0.4) is 0 Å². The number of esters is 1. The van der Waals surface area contributed by atoms with Gasteiger partial charge < -0.3 is 20.5 Å². The van der Waals surface area contributed by atoms with Gasteiger partial charge in [0.25, 0.3) is 5.72 Å². The van der Waals surface area contributed by atoms with Gasteiger partial charge in [0.2, 0.25) is 0 Å². The number of benzene rings is 1. The molecule has 1 aromatic carbocycles. The summed E-state index contributed by atoms with van der Waals surface area (Å²) < 4.78 is 45.9. The Morgan fingerprint density at radius 3 is 2.50 bits per heavy atom. The van der Waals surface area contributed by atoms with Gasteiger partial charge in [-0.15, -0.1) is 0 Å². The van der Waals surface area contributed by atoms with Gasteiger partial charge in [-0.3, -0.25) is 4.79 Å². The van der Waals surface area contributed by atoms with Crippen molar-refractivity contribution in [3.05, 3.63) is 34.3 Å². The molecule has 1 fully saturated rings. The van der Waals surface area contributed by atoms with Crippen LogP contribution in [-0.2, 0) is 9.53 Å². The molecular formula is C14H14BrF3N2O3S. The number of carbonyl (C=O) groups is 1. The zero-order chi connectivity index (χ0) is 18.1. The van der Waals surface area contributed by atoms with E-state index in [1.165, 1.54) is 19.1 Å². The van der Waals surface area contributed by atoms with Crippen molar-refractivity contribution in [3.63, 3.8) is 0 Å². The van der Waals surface area contributed by atoms with Crippen molar-refractivity contribution in [2.45, 2.75) is 24.9 Å². The summed E-state index contributed by atoms with van der Waals surface area (Å²) in [6.07, 6.45) is -5.15. The Morgan fingerprint density at radius 2 is 2.00 bits per heavy atom. The van der Waals surface area contributed by atoms with Gasteiger partial charge in [-0.2, -0.15) is 13.2 Å². The number of nitrogens with one attached hydrogen (secondary N) is 2. The van der Waals surface area contributed by atoms with Gasteiger partial charge in [-0.1, -0.05) is 28.1 Å². The summed E-state index contributed by atoms with van der Waals surface area (Å²) in [7, 11) is 0. The average molecular weight is 427 g/mol. The predicted octanol–water partition coefficient (Wildman–Crippen LogP) is 2.40. The van der Waals surface area contributed by atoms with Crippen LogP contribution in [0.2, 0.25) is 0 Å². The number of hydrogen-bond acceptors (Lipinski definition) is 4. The molecule has 3 atom stereocenters. The standard InChI is InChI=1S/C14H14BrF3N2O3S/c1-2-23-11(21)9-10(7-3-5-8(15)6-4-7)19-12(24)20-13(9,22)14(16,17)18/h3-6,9-10,22H,2H2,1H3,(H2,19,20,24)/t9-,10+,13+/m0/s1. The van der Waals surface area contributed by atoms with Crippen molar-refractivity contribution in [2.75, 3.05) is 6.61 Å². The fraction of sp³-hybridized carbons (Fsp3) is 0.429. The maximum absolute atomic E-state index is 13.5. The lowest BCUT2D eigenvalue weighted by molar-refractivity contribution is -0.292. The first kappa shape index (κ1) is 18.9. The van der Waals surface area contributed by atoms with Gasteiger partial charge in [0.05, 0.1) is 12.6 Å². The Morgan fingerprint density at radius 1 is 1.42 bits per heavy atom. The highest BCUT2D eigenvalue weighted by atomic mass is 79.9. The summed E-state index contributed by atoms with van der Waals surface area (Å²) >= 11 is 8.01. The van der Waals surface area contributed by atoms with E-state index in [1.54, 1.807) is 17.4 Å². The van der Waals surface area contributed by atoms with E-state index >= 15 is 0 Å². The number of rotatable bonds is 3. The second-order valence-corrected chi connectivity index (χ2v) is 6.45. The Balaban J connectivity index is 2.55. The number of ether oxygens (including phenoxy) is 1. The highest BCUT2D eigenvalue weighted by Gasteiger charge is 2.66. The Hall–Kier alpha value is -1.39. The Labute approximate surface area is 149 Å². The summed E-state index contributed by atoms with van der Waals surface area (Å²) in [5, 5.41) is 14.2. The molecule has 1 saturated heterocycles. The molecule has 132 valence electrons. The highest BCUT2D eigenvalue weighted by molar-refractivity contribution is 9.10. The third-order valence-corrected chi connectivity index (χ3v) is 4.32. The van der Waals surface area contributed by atoms with Gasteiger partial charge in [0, 0.05) is 4.47 Å². The van der Waals surface area contributed by atoms with Crippen molar-refractivity contribution >= 4 is 39.2 Å². The van der Waals surface area contributed by atoms with Crippen LogP contribution in [0, 0.1) is 5.92 Å². The number of halogens is 4. The molecule has 24 heavy (non-hydrogen) atoms. The number of alkyl halides is 3. The predicted molar refractivity (Wildman–Crippen MR) is 86.9 cm³/mol. The quantitative estimate of drug-likeness (QED) is 0.509. The molecular weight excluding hydrogens is 413 g/mol. The summed E-state index contributed by atoms with van der Waals surface area (Å²) in [4.78, 5) is 12.2. The molecule has 0 bridgehead atoms. The molecule has 10 heteroatoms. The lowest BCUT2D eigenvalue weighted by Crippen LogP contribution is -2.73. The maximum Gasteiger partial charge on any atom is 0.437 e. The highest BCUT2D eigenvalue weighted by Crippen LogP contribution is 2.43. The minimum Gasteiger partial charge on any atom is -0.466 e. The number of carbonyl (C=O) groups excluding carboxylic acids is 1. The van der Waals surface area contributed by atoms with E-state index < -0.39 is 34.9 Å². The Kier molecular flexibility index (Phi) is 5.41. The molecule has 2 rings (SSSR count). The van der Waals surface area contributed by atoms with Gasteiger partial charge in [-0.25, -0.2) is 0 Å². The number of aliphatic hydroxyl groups is 1. The molecule has 1 heterocycles. The zero-order valence-electron chi connectivity index (χ0n) is 12.4. The van der Waals surface area contributed by atoms with Crippen LogP contribution in [0.5, 0.6) is 0 Å². The van der Waals surface area contributed by atoms with E-state index in [0.29, 0.717) is 10.0 Å².